The summed E-state index contributed by atoms with van der Waals surface area (Å²) in [5.41, 5.74) is 5.73. The Morgan fingerprint density at radius 2 is 2.38 bits per heavy atom. The Hall–Kier alpha value is -0.420. The maximum Gasteiger partial charge on any atom is 0.153 e. The Morgan fingerprint density at radius 3 is 2.92 bits per heavy atom. The largest absolute Gasteiger partial charge is 0.382 e. The van der Waals surface area contributed by atoms with Gasteiger partial charge in [-0.05, 0) is 37.1 Å². The van der Waals surface area contributed by atoms with E-state index in [4.69, 9.17) is 5.73 Å². The average molecular weight is 215 g/mol. The summed E-state index contributed by atoms with van der Waals surface area (Å²) >= 11 is 3.14. The lowest BCUT2D eigenvalue weighted by Crippen LogP contribution is -2.26. The lowest BCUT2D eigenvalue weighted by atomic mass is 9.93. The van der Waals surface area contributed by atoms with E-state index in [1.54, 1.807) is 11.8 Å². The third kappa shape index (κ3) is 1.76. The first-order valence-electron chi connectivity index (χ1n) is 4.37. The molecule has 0 radical (unpaired) electrons. The molecule has 72 valence electrons. The minimum absolute atomic E-state index is 0.658. The summed E-state index contributed by atoms with van der Waals surface area (Å²) in [5, 5.41) is 4.62. The molecule has 1 aromatic heterocycles. The number of hydrogen-bond acceptors (Lipinski definition) is 5. The van der Waals surface area contributed by atoms with Crippen LogP contribution >= 0.6 is 23.3 Å². The molecular formula is C8H13N3S2. The number of hydrogen-bond donors (Lipinski definition) is 2. The van der Waals surface area contributed by atoms with E-state index < -0.39 is 0 Å². The standard InChI is InChI=1S/C8H13N3S2/c1-12-6-7(9)11-13-8(6)10-5-3-2-4-5/h5,10H,2-4H2,1H3,(H2,9,11). The Labute approximate surface area is 86.3 Å². The van der Waals surface area contributed by atoms with E-state index in [-0.39, 0.29) is 0 Å². The van der Waals surface area contributed by atoms with Crippen molar-refractivity contribution in [3.05, 3.63) is 0 Å². The van der Waals surface area contributed by atoms with Gasteiger partial charge < -0.3 is 11.1 Å². The van der Waals surface area contributed by atoms with Gasteiger partial charge in [-0.1, -0.05) is 0 Å². The first kappa shape index (κ1) is 9.15. The van der Waals surface area contributed by atoms with E-state index in [9.17, 15) is 0 Å². The number of nitrogens with one attached hydrogen (secondary N) is 1. The van der Waals surface area contributed by atoms with Crippen LogP contribution in [0.2, 0.25) is 0 Å². The molecular weight excluding hydrogens is 202 g/mol. The summed E-state index contributed by atoms with van der Waals surface area (Å²) in [6.07, 6.45) is 5.95. The molecule has 3 N–H and O–H groups in total. The zero-order valence-corrected chi connectivity index (χ0v) is 9.17. The van der Waals surface area contributed by atoms with Gasteiger partial charge in [0.25, 0.3) is 0 Å². The van der Waals surface area contributed by atoms with Gasteiger partial charge in [0.05, 0.1) is 4.90 Å². The molecule has 0 amide bonds. The molecule has 5 heteroatoms. The normalized spacial score (nSPS) is 17.0. The minimum Gasteiger partial charge on any atom is -0.382 e. The fraction of sp³-hybridized carbons (Fsp3) is 0.625. The lowest BCUT2D eigenvalue weighted by Gasteiger charge is -2.26. The number of nitrogen functional groups attached to an aromatic ring is 1. The molecule has 0 spiro atoms. The molecule has 0 saturated heterocycles. The smallest absolute Gasteiger partial charge is 0.153 e. The van der Waals surface area contributed by atoms with Gasteiger partial charge in [-0.25, -0.2) is 0 Å². The van der Waals surface area contributed by atoms with Gasteiger partial charge in [-0.2, -0.15) is 4.37 Å². The second kappa shape index (κ2) is 3.75. The number of thioether (sulfide) groups is 1. The molecule has 2 rings (SSSR count). The topological polar surface area (TPSA) is 50.9 Å². The monoisotopic (exact) mass is 215 g/mol. The van der Waals surface area contributed by atoms with Crippen LogP contribution in [0.25, 0.3) is 0 Å². The number of rotatable bonds is 3. The third-order valence-corrected chi connectivity index (χ3v) is 4.06. The lowest BCUT2D eigenvalue weighted by molar-refractivity contribution is 0.446. The molecule has 13 heavy (non-hydrogen) atoms. The van der Waals surface area contributed by atoms with Gasteiger partial charge in [-0.3, -0.25) is 0 Å². The number of aromatic nitrogens is 1. The van der Waals surface area contributed by atoms with Crippen molar-refractivity contribution in [2.75, 3.05) is 17.3 Å². The van der Waals surface area contributed by atoms with Gasteiger partial charge >= 0.3 is 0 Å². The molecule has 1 saturated carbocycles. The fourth-order valence-electron chi connectivity index (χ4n) is 1.32. The highest BCUT2D eigenvalue weighted by atomic mass is 32.2. The quantitative estimate of drug-likeness (QED) is 0.760. The number of anilines is 2. The second-order valence-electron chi connectivity index (χ2n) is 3.20. The van der Waals surface area contributed by atoms with Gasteiger partial charge in [0.15, 0.2) is 5.82 Å². The highest BCUT2D eigenvalue weighted by molar-refractivity contribution is 7.99. The van der Waals surface area contributed by atoms with Crippen LogP contribution in [0.1, 0.15) is 19.3 Å². The first-order chi connectivity index (χ1) is 6.31. The predicted molar refractivity (Wildman–Crippen MR) is 59.6 cm³/mol. The molecule has 1 aliphatic rings. The summed E-state index contributed by atoms with van der Waals surface area (Å²) in [6.45, 7) is 0. The average Bonchev–Trinajstić information content (AvgIpc) is 2.39. The van der Waals surface area contributed by atoms with Crippen molar-refractivity contribution in [1.82, 2.24) is 4.37 Å². The van der Waals surface area contributed by atoms with Crippen molar-refractivity contribution in [3.63, 3.8) is 0 Å². The van der Waals surface area contributed by atoms with Crippen LogP contribution in [0.5, 0.6) is 0 Å². The van der Waals surface area contributed by atoms with Crippen molar-refractivity contribution < 1.29 is 0 Å². The van der Waals surface area contributed by atoms with Crippen LogP contribution in [-0.4, -0.2) is 16.7 Å². The molecule has 0 aliphatic heterocycles. The summed E-state index contributed by atoms with van der Waals surface area (Å²) in [6, 6.07) is 0.658. The van der Waals surface area contributed by atoms with Gasteiger partial charge in [-0.15, -0.1) is 11.8 Å². The number of nitrogens with zero attached hydrogens (tertiary/aromatic N) is 1. The van der Waals surface area contributed by atoms with E-state index >= 15 is 0 Å². The molecule has 0 bridgehead atoms. The first-order valence-corrected chi connectivity index (χ1v) is 6.36. The molecule has 0 aromatic carbocycles. The Kier molecular flexibility index (Phi) is 2.64. The Balaban J connectivity index is 2.09. The maximum absolute atomic E-state index is 5.73. The highest BCUT2D eigenvalue weighted by Gasteiger charge is 2.20. The van der Waals surface area contributed by atoms with Crippen LogP contribution in [0.3, 0.4) is 0 Å². The molecule has 1 heterocycles. The van der Waals surface area contributed by atoms with Crippen molar-refractivity contribution in [3.8, 4) is 0 Å². The highest BCUT2D eigenvalue weighted by Crippen LogP contribution is 2.36. The third-order valence-electron chi connectivity index (χ3n) is 2.32. The van der Waals surface area contributed by atoms with Crippen molar-refractivity contribution >= 4 is 34.1 Å². The van der Waals surface area contributed by atoms with Crippen molar-refractivity contribution in [2.45, 2.75) is 30.2 Å². The van der Waals surface area contributed by atoms with Crippen molar-refractivity contribution in [1.29, 1.82) is 0 Å². The molecule has 0 atom stereocenters. The summed E-state index contributed by atoms with van der Waals surface area (Å²) in [4.78, 5) is 1.11. The molecule has 1 aliphatic carbocycles. The maximum atomic E-state index is 5.73. The van der Waals surface area contributed by atoms with Crippen LogP contribution in [0, 0.1) is 0 Å². The molecule has 1 fully saturated rings. The zero-order valence-electron chi connectivity index (χ0n) is 7.54. The molecule has 0 unspecified atom stereocenters. The second-order valence-corrected chi connectivity index (χ2v) is 4.79. The van der Waals surface area contributed by atoms with Gasteiger partial charge in [0, 0.05) is 6.04 Å². The van der Waals surface area contributed by atoms with Crippen LogP contribution in [0.15, 0.2) is 4.90 Å². The van der Waals surface area contributed by atoms with Gasteiger partial charge in [0.1, 0.15) is 5.00 Å². The van der Waals surface area contributed by atoms with Crippen molar-refractivity contribution in [2.24, 2.45) is 0 Å². The molecule has 3 nitrogen and oxygen atoms in total. The Bertz CT molecular complexity index is 294. The minimum atomic E-state index is 0.658. The summed E-state index contributed by atoms with van der Waals surface area (Å²) in [7, 11) is 0. The summed E-state index contributed by atoms with van der Waals surface area (Å²) in [5.74, 6) is 0.666. The van der Waals surface area contributed by atoms with E-state index in [1.807, 2.05) is 6.26 Å². The van der Waals surface area contributed by atoms with E-state index in [0.29, 0.717) is 11.9 Å². The predicted octanol–water partition coefficient (Wildman–Crippen LogP) is 2.41. The van der Waals surface area contributed by atoms with E-state index in [1.165, 1.54) is 30.8 Å². The Morgan fingerprint density at radius 1 is 1.62 bits per heavy atom. The van der Waals surface area contributed by atoms with E-state index in [2.05, 4.69) is 9.69 Å². The zero-order chi connectivity index (χ0) is 9.26. The van der Waals surface area contributed by atoms with Gasteiger partial charge in [0.2, 0.25) is 0 Å². The fourth-order valence-corrected chi connectivity index (χ4v) is 2.93. The summed E-state index contributed by atoms with van der Waals surface area (Å²) < 4.78 is 4.13. The van der Waals surface area contributed by atoms with E-state index in [0.717, 1.165) is 9.90 Å². The SMILES string of the molecule is CSc1c(N)nsc1NC1CCC1. The van der Waals surface area contributed by atoms with Crippen LogP contribution < -0.4 is 11.1 Å². The van der Waals surface area contributed by atoms with Crippen LogP contribution in [-0.2, 0) is 0 Å². The van der Waals surface area contributed by atoms with Crippen LogP contribution in [0.4, 0.5) is 10.8 Å². The number of nitrogens with two attached hydrogens (primary N) is 1. The molecule has 1 aromatic rings.